The van der Waals surface area contributed by atoms with E-state index < -0.39 is 48.4 Å². The van der Waals surface area contributed by atoms with Crippen LogP contribution >= 0.6 is 0 Å². The average molecular weight is 307 g/mol. The van der Waals surface area contributed by atoms with Gasteiger partial charge in [0.15, 0.2) is 0 Å². The summed E-state index contributed by atoms with van der Waals surface area (Å²) in [6.45, 7) is -3.22. The van der Waals surface area contributed by atoms with Crippen LogP contribution in [0.15, 0.2) is 17.7 Å². The van der Waals surface area contributed by atoms with E-state index in [0.29, 0.717) is 6.08 Å². The molecule has 1 aliphatic rings. The molecule has 1 N–H and O–H groups in total. The van der Waals surface area contributed by atoms with E-state index in [1.165, 1.54) is 7.11 Å². The van der Waals surface area contributed by atoms with Crippen LogP contribution in [-0.2, 0) is 11.2 Å². The van der Waals surface area contributed by atoms with Crippen molar-refractivity contribution >= 4 is 12.0 Å². The summed E-state index contributed by atoms with van der Waals surface area (Å²) in [5, 5.41) is 9.04. The van der Waals surface area contributed by atoms with Crippen molar-refractivity contribution in [2.75, 3.05) is 7.11 Å². The highest BCUT2D eigenvalue weighted by molar-refractivity contribution is 5.95. The maximum absolute atomic E-state index is 13.2. The van der Waals surface area contributed by atoms with Crippen LogP contribution in [-0.4, -0.2) is 30.5 Å². The third-order valence-electron chi connectivity index (χ3n) is 2.83. The molecule has 21 heavy (non-hydrogen) atoms. The van der Waals surface area contributed by atoms with Crippen LogP contribution in [0.25, 0.3) is 6.08 Å². The number of hydrogen-bond donors (Lipinski definition) is 1. The van der Waals surface area contributed by atoms with Gasteiger partial charge < -0.3 is 14.6 Å². The number of carboxylic acids is 1. The van der Waals surface area contributed by atoms with Gasteiger partial charge in [-0.05, 0) is 30.1 Å². The lowest BCUT2D eigenvalue weighted by Gasteiger charge is -2.28. The number of carboxylic acid groups (broad SMARTS) is 1. The first-order valence-electron chi connectivity index (χ1n) is 8.11. The van der Waals surface area contributed by atoms with Gasteiger partial charge in [0, 0.05) is 12.4 Å². The van der Waals surface area contributed by atoms with Gasteiger partial charge in [-0.15, -0.1) is 0 Å². The van der Waals surface area contributed by atoms with Crippen LogP contribution in [0.5, 0.6) is 11.5 Å². The Morgan fingerprint density at radius 2 is 2.29 bits per heavy atom. The average Bonchev–Trinajstić information content (AvgIpc) is 2.50. The summed E-state index contributed by atoms with van der Waals surface area (Å²) in [6, 6.07) is 2.04. The smallest absolute Gasteiger partial charge is 0.430 e. The quantitative estimate of drug-likeness (QED) is 0.932. The van der Waals surface area contributed by atoms with Crippen LogP contribution in [0.4, 0.5) is 13.2 Å². The van der Waals surface area contributed by atoms with Crippen LogP contribution in [0.3, 0.4) is 0 Å². The number of ether oxygens (including phenoxy) is 2. The van der Waals surface area contributed by atoms with E-state index in [-0.39, 0.29) is 11.3 Å². The van der Waals surface area contributed by atoms with Crippen LogP contribution in [0.1, 0.15) is 24.8 Å². The van der Waals surface area contributed by atoms with Crippen molar-refractivity contribution in [2.24, 2.45) is 0 Å². The molecule has 0 aromatic heterocycles. The molecule has 0 saturated carbocycles. The number of rotatable bonds is 3. The van der Waals surface area contributed by atoms with Gasteiger partial charge >= 0.3 is 12.1 Å². The van der Waals surface area contributed by atoms with E-state index in [1.54, 1.807) is 0 Å². The molecular formula is C14H13F3O4. The van der Waals surface area contributed by atoms with Gasteiger partial charge in [-0.25, -0.2) is 4.79 Å². The highest BCUT2D eigenvalue weighted by atomic mass is 19.4. The van der Waals surface area contributed by atoms with Gasteiger partial charge in [0.2, 0.25) is 6.10 Å². The first-order chi connectivity index (χ1) is 11.7. The van der Waals surface area contributed by atoms with Crippen molar-refractivity contribution in [3.8, 4) is 11.5 Å². The Morgan fingerprint density at radius 1 is 1.57 bits per heavy atom. The normalized spacial score (nSPS) is 22.4. The van der Waals surface area contributed by atoms with Gasteiger partial charge in [-0.3, -0.25) is 0 Å². The van der Waals surface area contributed by atoms with Gasteiger partial charge in [-0.1, -0.05) is 6.85 Å². The van der Waals surface area contributed by atoms with Crippen LogP contribution < -0.4 is 9.47 Å². The molecule has 0 aliphatic carbocycles. The third-order valence-corrected chi connectivity index (χ3v) is 2.83. The predicted molar refractivity (Wildman–Crippen MR) is 68.5 cm³/mol. The SMILES string of the molecule is [2H]C([2H])([2H])C([2H])([2H])c1cc(OC)cc2c1OC(C(F)(F)F)C(C(=O)O)=C2. The highest BCUT2D eigenvalue weighted by Gasteiger charge is 2.48. The van der Waals surface area contributed by atoms with Crippen molar-refractivity contribution in [3.63, 3.8) is 0 Å². The molecule has 4 nitrogen and oxygen atoms in total. The second kappa shape index (κ2) is 5.31. The minimum atomic E-state index is -5.11. The molecule has 0 fully saturated rings. The van der Waals surface area contributed by atoms with Crippen molar-refractivity contribution in [1.82, 2.24) is 0 Å². The Hall–Kier alpha value is -2.18. The van der Waals surface area contributed by atoms with Gasteiger partial charge in [0.05, 0.1) is 12.7 Å². The largest absolute Gasteiger partial charge is 0.497 e. The molecule has 1 aromatic rings. The zero-order valence-electron chi connectivity index (χ0n) is 15.6. The van der Waals surface area contributed by atoms with Crippen molar-refractivity contribution in [3.05, 3.63) is 28.8 Å². The maximum atomic E-state index is 13.2. The molecule has 1 heterocycles. The molecule has 1 unspecified atom stereocenters. The summed E-state index contributed by atoms with van der Waals surface area (Å²) in [7, 11) is 1.18. The first-order valence-corrected chi connectivity index (χ1v) is 5.61. The maximum Gasteiger partial charge on any atom is 0.430 e. The molecule has 7 heteroatoms. The lowest BCUT2D eigenvalue weighted by molar-refractivity contribution is -0.187. The minimum Gasteiger partial charge on any atom is -0.497 e. The van der Waals surface area contributed by atoms with E-state index >= 15 is 0 Å². The van der Waals surface area contributed by atoms with Crippen molar-refractivity contribution in [2.45, 2.75) is 25.5 Å². The third kappa shape index (κ3) is 2.81. The summed E-state index contributed by atoms with van der Waals surface area (Å²) >= 11 is 0. The number of carbonyl (C=O) groups is 1. The lowest BCUT2D eigenvalue weighted by atomic mass is 9.97. The molecule has 0 saturated heterocycles. The lowest BCUT2D eigenvalue weighted by Crippen LogP contribution is -2.40. The molecule has 114 valence electrons. The Bertz CT molecular complexity index is 771. The van der Waals surface area contributed by atoms with Gasteiger partial charge in [0.25, 0.3) is 0 Å². The second-order valence-electron chi connectivity index (χ2n) is 4.16. The zero-order chi connectivity index (χ0) is 20.1. The highest BCUT2D eigenvalue weighted by Crippen LogP contribution is 2.41. The van der Waals surface area contributed by atoms with E-state index in [1.807, 2.05) is 0 Å². The molecule has 2 rings (SSSR count). The van der Waals surface area contributed by atoms with Gasteiger partial charge in [0.1, 0.15) is 11.5 Å². The van der Waals surface area contributed by atoms with E-state index in [0.717, 1.165) is 12.1 Å². The number of fused-ring (bicyclic) bond motifs is 1. The van der Waals surface area contributed by atoms with E-state index in [9.17, 15) is 18.0 Å². The molecule has 0 radical (unpaired) electrons. The van der Waals surface area contributed by atoms with Crippen molar-refractivity contribution < 1.29 is 39.4 Å². The number of halogens is 3. The molecule has 0 amide bonds. The number of methoxy groups -OCH3 is 1. The minimum absolute atomic E-state index is 0.0677. The van der Waals surface area contributed by atoms with Crippen LogP contribution in [0, 0.1) is 0 Å². The van der Waals surface area contributed by atoms with E-state index in [2.05, 4.69) is 0 Å². The summed E-state index contributed by atoms with van der Waals surface area (Å²) in [5.74, 6) is -2.64. The standard InChI is InChI=1S/C14H13F3O4/c1-3-7-4-9(20-2)5-8-6-10(13(18)19)12(14(15,16)17)21-11(7)8/h4-6,12H,3H2,1-2H3,(H,18,19)/i1D3,3D2. The summed E-state index contributed by atoms with van der Waals surface area (Å²) in [5.41, 5.74) is -2.04. The number of benzene rings is 1. The summed E-state index contributed by atoms with van der Waals surface area (Å²) in [4.78, 5) is 11.2. The first kappa shape index (κ1) is 9.70. The number of hydrogen-bond acceptors (Lipinski definition) is 3. The predicted octanol–water partition coefficient (Wildman–Crippen LogP) is 3.05. The topological polar surface area (TPSA) is 55.8 Å². The summed E-state index contributed by atoms with van der Waals surface area (Å²) in [6.07, 6.45) is -10.4. The Kier molecular flexibility index (Phi) is 2.45. The number of aryl methyl sites for hydroxylation is 1. The van der Waals surface area contributed by atoms with E-state index in [4.69, 9.17) is 21.4 Å². The molecule has 1 aliphatic heterocycles. The Morgan fingerprint density at radius 3 is 2.81 bits per heavy atom. The molecule has 1 aromatic carbocycles. The fourth-order valence-electron chi connectivity index (χ4n) is 1.91. The Labute approximate surface area is 125 Å². The second-order valence-corrected chi connectivity index (χ2v) is 4.16. The number of alkyl halides is 3. The van der Waals surface area contributed by atoms with Crippen molar-refractivity contribution in [1.29, 1.82) is 0 Å². The van der Waals surface area contributed by atoms with Crippen LogP contribution in [0.2, 0.25) is 0 Å². The summed E-state index contributed by atoms with van der Waals surface area (Å²) < 4.78 is 86.9. The molecular weight excluding hydrogens is 289 g/mol. The number of aliphatic carboxylic acids is 1. The Balaban J connectivity index is 2.79. The molecule has 0 spiro atoms. The molecule has 0 bridgehead atoms. The molecule has 1 atom stereocenters. The van der Waals surface area contributed by atoms with Gasteiger partial charge in [-0.2, -0.15) is 13.2 Å². The zero-order valence-corrected chi connectivity index (χ0v) is 10.6. The fourth-order valence-corrected chi connectivity index (χ4v) is 1.91. The fraction of sp³-hybridized carbons (Fsp3) is 0.357. The monoisotopic (exact) mass is 307 g/mol.